The van der Waals surface area contributed by atoms with Crippen LogP contribution in [0.2, 0.25) is 0 Å². The summed E-state index contributed by atoms with van der Waals surface area (Å²) in [6, 6.07) is 10.9. The summed E-state index contributed by atoms with van der Waals surface area (Å²) >= 11 is 0. The number of anilines is 3. The third-order valence-electron chi connectivity index (χ3n) is 7.04. The van der Waals surface area contributed by atoms with Gasteiger partial charge in [-0.3, -0.25) is 9.52 Å². The monoisotopic (exact) mass is 661 g/mol. The molecular weight excluding hydrogens is 632 g/mol. The van der Waals surface area contributed by atoms with E-state index in [0.717, 1.165) is 12.1 Å². The van der Waals surface area contributed by atoms with Gasteiger partial charge in [0.15, 0.2) is 22.4 Å². The van der Waals surface area contributed by atoms with Gasteiger partial charge in [-0.2, -0.15) is 13.5 Å². The molecule has 0 aliphatic heterocycles. The lowest BCUT2D eigenvalue weighted by Gasteiger charge is -2.16. The Morgan fingerprint density at radius 1 is 1.04 bits per heavy atom. The summed E-state index contributed by atoms with van der Waals surface area (Å²) in [4.78, 5) is 21.3. The first-order valence-electron chi connectivity index (χ1n) is 13.9. The van der Waals surface area contributed by atoms with E-state index in [4.69, 9.17) is 15.2 Å². The van der Waals surface area contributed by atoms with Crippen LogP contribution in [0.3, 0.4) is 0 Å². The molecule has 0 saturated heterocycles. The minimum Gasteiger partial charge on any atom is -0.497 e. The second-order valence-electron chi connectivity index (χ2n) is 10.2. The van der Waals surface area contributed by atoms with Crippen LogP contribution in [0.1, 0.15) is 27.0 Å². The number of pyridine rings is 2. The van der Waals surface area contributed by atoms with Gasteiger partial charge in [-0.25, -0.2) is 23.4 Å². The summed E-state index contributed by atoms with van der Waals surface area (Å²) in [5.41, 5.74) is 9.30. The number of nitrogens with one attached hydrogen (secondary N) is 2. The van der Waals surface area contributed by atoms with E-state index in [9.17, 15) is 22.0 Å². The summed E-state index contributed by atoms with van der Waals surface area (Å²) < 4.78 is 68.4. The van der Waals surface area contributed by atoms with Gasteiger partial charge in [0, 0.05) is 24.0 Å². The van der Waals surface area contributed by atoms with Crippen molar-refractivity contribution in [3.8, 4) is 23.1 Å². The number of aromatic nitrogens is 4. The molecule has 2 aromatic carbocycles. The van der Waals surface area contributed by atoms with Crippen LogP contribution in [0, 0.1) is 25.5 Å². The van der Waals surface area contributed by atoms with Gasteiger partial charge in [0.05, 0.1) is 43.0 Å². The van der Waals surface area contributed by atoms with Gasteiger partial charge in [0.1, 0.15) is 11.6 Å². The number of benzene rings is 2. The van der Waals surface area contributed by atoms with Crippen molar-refractivity contribution >= 4 is 39.1 Å². The first-order valence-corrected chi connectivity index (χ1v) is 15.4. The zero-order valence-electron chi connectivity index (χ0n) is 25.4. The summed E-state index contributed by atoms with van der Waals surface area (Å²) in [6.07, 6.45) is 5.55. The van der Waals surface area contributed by atoms with Crippen molar-refractivity contribution in [1.29, 1.82) is 0 Å². The number of nitrogens with two attached hydrogens (primary N) is 1. The van der Waals surface area contributed by atoms with E-state index < -0.39 is 33.2 Å². The summed E-state index contributed by atoms with van der Waals surface area (Å²) in [5, 5.41) is 7.04. The Hall–Kier alpha value is -5.83. The Morgan fingerprint density at radius 2 is 1.79 bits per heavy atom. The largest absolute Gasteiger partial charge is 0.497 e. The minimum absolute atomic E-state index is 0.0302. The molecule has 0 unspecified atom stereocenters. The van der Waals surface area contributed by atoms with Crippen molar-refractivity contribution in [2.75, 3.05) is 29.4 Å². The Balaban J connectivity index is 1.33. The molecule has 242 valence electrons. The number of nitrogen functional groups attached to an aromatic ring is 1. The normalized spacial score (nSPS) is 11.2. The van der Waals surface area contributed by atoms with Crippen molar-refractivity contribution in [2.24, 2.45) is 0 Å². The van der Waals surface area contributed by atoms with E-state index >= 15 is 0 Å². The molecule has 12 nitrogen and oxygen atoms in total. The standard InChI is InChI=1S/C32H29F2N7O5S/c1-5-20-11-18(2)25(40-47(43,44)30-13-21(45-4)9-10-36-30)14-26(20)37-17-28(42)22-15-39-41(32(22)35)27-16-38-29(12-19(27)3)46-31-23(33)7-6-8-24(31)34/h5-16,37,40H,1,17,35H2,2-4H3. The van der Waals surface area contributed by atoms with Crippen LogP contribution in [-0.2, 0) is 10.0 Å². The van der Waals surface area contributed by atoms with Gasteiger partial charge < -0.3 is 20.5 Å². The van der Waals surface area contributed by atoms with Gasteiger partial charge >= 0.3 is 0 Å². The van der Waals surface area contributed by atoms with Crippen LogP contribution < -0.4 is 25.2 Å². The van der Waals surface area contributed by atoms with Crippen molar-refractivity contribution in [3.05, 3.63) is 108 Å². The molecule has 4 N–H and O–H groups in total. The molecule has 0 atom stereocenters. The van der Waals surface area contributed by atoms with Gasteiger partial charge in [0.2, 0.25) is 11.6 Å². The minimum atomic E-state index is -4.07. The number of nitrogens with zero attached hydrogens (tertiary/aromatic N) is 4. The lowest BCUT2D eigenvalue weighted by atomic mass is 10.1. The van der Waals surface area contributed by atoms with E-state index in [-0.39, 0.29) is 34.5 Å². The second-order valence-corrected chi connectivity index (χ2v) is 11.8. The molecule has 0 spiro atoms. The van der Waals surface area contributed by atoms with Gasteiger partial charge in [-0.1, -0.05) is 18.7 Å². The maximum atomic E-state index is 14.0. The molecule has 47 heavy (non-hydrogen) atoms. The molecule has 0 bridgehead atoms. The maximum absolute atomic E-state index is 14.0. The summed E-state index contributed by atoms with van der Waals surface area (Å²) in [7, 11) is -2.65. The zero-order chi connectivity index (χ0) is 33.9. The van der Waals surface area contributed by atoms with Crippen molar-refractivity contribution < 1.29 is 31.5 Å². The molecule has 3 aromatic heterocycles. The average molecular weight is 662 g/mol. The number of carbonyl (C=O) groups excluding carboxylic acids is 1. The van der Waals surface area contributed by atoms with Crippen LogP contribution in [0.25, 0.3) is 11.8 Å². The third-order valence-corrected chi connectivity index (χ3v) is 8.30. The van der Waals surface area contributed by atoms with Crippen LogP contribution in [0.15, 0.2) is 78.7 Å². The number of ether oxygens (including phenoxy) is 2. The predicted octanol–water partition coefficient (Wildman–Crippen LogP) is 5.68. The summed E-state index contributed by atoms with van der Waals surface area (Å²) in [6.45, 7) is 7.01. The van der Waals surface area contributed by atoms with Crippen molar-refractivity contribution in [1.82, 2.24) is 19.7 Å². The van der Waals surface area contributed by atoms with Crippen LogP contribution in [-0.4, -0.2) is 47.6 Å². The SMILES string of the molecule is C=Cc1cc(C)c(NS(=O)(=O)c2cc(OC)ccn2)cc1NCC(=O)c1cnn(-c2cnc(Oc3c(F)cccc3F)cc2C)c1N. The molecule has 0 aliphatic carbocycles. The molecule has 5 rings (SSSR count). The lowest BCUT2D eigenvalue weighted by Crippen LogP contribution is -2.18. The topological polar surface area (TPSA) is 163 Å². The second kappa shape index (κ2) is 13.3. The molecule has 3 heterocycles. The molecule has 15 heteroatoms. The number of hydrogen-bond acceptors (Lipinski definition) is 10. The quantitative estimate of drug-likeness (QED) is 0.142. The van der Waals surface area contributed by atoms with Crippen molar-refractivity contribution in [3.63, 3.8) is 0 Å². The van der Waals surface area contributed by atoms with Gasteiger partial charge in [-0.05, 0) is 60.9 Å². The lowest BCUT2D eigenvalue weighted by molar-refractivity contribution is 0.101. The summed E-state index contributed by atoms with van der Waals surface area (Å²) in [5.74, 6) is -2.45. The fourth-order valence-electron chi connectivity index (χ4n) is 4.55. The molecule has 0 amide bonds. The van der Waals surface area contributed by atoms with Crippen LogP contribution in [0.5, 0.6) is 17.4 Å². The molecule has 0 aliphatic rings. The number of rotatable bonds is 12. The van der Waals surface area contributed by atoms with E-state index in [1.165, 1.54) is 54.6 Å². The number of halogens is 2. The smallest absolute Gasteiger partial charge is 0.279 e. The number of ketones is 1. The zero-order valence-corrected chi connectivity index (χ0v) is 26.2. The number of carbonyl (C=O) groups is 1. The maximum Gasteiger partial charge on any atom is 0.279 e. The molecular formula is C32H29F2N7O5S. The molecule has 0 saturated carbocycles. The number of sulfonamides is 1. The van der Waals surface area contributed by atoms with Crippen molar-refractivity contribution in [2.45, 2.75) is 18.9 Å². The number of hydrogen-bond donors (Lipinski definition) is 3. The number of aryl methyl sites for hydroxylation is 2. The Kier molecular flexibility index (Phi) is 9.19. The van der Waals surface area contributed by atoms with E-state index in [1.54, 1.807) is 32.1 Å². The Labute approximate surface area is 268 Å². The van der Waals surface area contributed by atoms with E-state index in [1.807, 2.05) is 0 Å². The van der Waals surface area contributed by atoms with E-state index in [2.05, 4.69) is 31.7 Å². The highest BCUT2D eigenvalue weighted by molar-refractivity contribution is 7.92. The number of Topliss-reactive ketones (excluding diaryl/α,β-unsaturated/α-hetero) is 1. The predicted molar refractivity (Wildman–Crippen MR) is 173 cm³/mol. The van der Waals surface area contributed by atoms with E-state index in [0.29, 0.717) is 33.8 Å². The van der Waals surface area contributed by atoms with Gasteiger partial charge in [-0.15, -0.1) is 0 Å². The van der Waals surface area contributed by atoms with Gasteiger partial charge in [0.25, 0.3) is 10.0 Å². The number of para-hydroxylation sites is 1. The highest BCUT2D eigenvalue weighted by atomic mass is 32.2. The average Bonchev–Trinajstić information content (AvgIpc) is 3.43. The van der Waals surface area contributed by atoms with Crippen LogP contribution in [0.4, 0.5) is 26.0 Å². The first-order chi connectivity index (χ1) is 22.4. The van der Waals surface area contributed by atoms with Crippen LogP contribution >= 0.6 is 0 Å². The first kappa shape index (κ1) is 32.6. The highest BCUT2D eigenvalue weighted by Gasteiger charge is 2.21. The third kappa shape index (κ3) is 6.89. The fourth-order valence-corrected chi connectivity index (χ4v) is 5.63. The Bertz CT molecular complexity index is 2100. The molecule has 0 fully saturated rings. The molecule has 5 aromatic rings. The fraction of sp³-hybridized carbons (Fsp3) is 0.125. The molecule has 0 radical (unpaired) electrons. The number of methoxy groups -OCH3 is 1. The Morgan fingerprint density at radius 3 is 2.47 bits per heavy atom. The highest BCUT2D eigenvalue weighted by Crippen LogP contribution is 2.30.